The molecule has 0 unspecified atom stereocenters. The first-order chi connectivity index (χ1) is 15.1. The van der Waals surface area contributed by atoms with Crippen LogP contribution in [0.15, 0.2) is 48.0 Å². The molecule has 2 aliphatic rings. The fourth-order valence-electron chi connectivity index (χ4n) is 4.48. The number of benzene rings is 2. The Bertz CT molecular complexity index is 1140. The van der Waals surface area contributed by atoms with Gasteiger partial charge in [-0.3, -0.25) is 19.8 Å². The number of ether oxygens (including phenoxy) is 1. The van der Waals surface area contributed by atoms with Crippen molar-refractivity contribution < 1.29 is 14.3 Å². The van der Waals surface area contributed by atoms with Gasteiger partial charge in [-0.15, -0.1) is 0 Å². The predicted octanol–water partition coefficient (Wildman–Crippen LogP) is 4.25. The Hall–Kier alpha value is -3.19. The molecule has 0 aromatic heterocycles. The molecular formula is C25H27N3O3S. The monoisotopic (exact) mass is 449 g/mol. The zero-order valence-corrected chi connectivity index (χ0v) is 19.7. The normalized spacial score (nSPS) is 21.5. The van der Waals surface area contributed by atoms with Gasteiger partial charge in [0.2, 0.25) is 0 Å². The maximum atomic E-state index is 13.3. The maximum absolute atomic E-state index is 13.3. The van der Waals surface area contributed by atoms with Crippen molar-refractivity contribution in [2.75, 3.05) is 24.0 Å². The second-order valence-corrected chi connectivity index (χ2v) is 9.34. The van der Waals surface area contributed by atoms with Crippen LogP contribution in [0.25, 0.3) is 6.08 Å². The first kappa shape index (κ1) is 22.0. The van der Waals surface area contributed by atoms with E-state index in [0.29, 0.717) is 17.4 Å². The molecule has 0 spiro atoms. The number of hydrogen-bond donors (Lipinski definition) is 1. The number of fused-ring (bicyclic) bond motifs is 1. The molecule has 7 heteroatoms. The molecular weight excluding hydrogens is 422 g/mol. The number of rotatable bonds is 3. The van der Waals surface area contributed by atoms with Crippen LogP contribution >= 0.6 is 12.2 Å². The molecule has 1 N–H and O–H groups in total. The Morgan fingerprint density at radius 2 is 1.84 bits per heavy atom. The minimum Gasteiger partial charge on any atom is -0.497 e. The summed E-state index contributed by atoms with van der Waals surface area (Å²) in [5.74, 6) is 0.0933. The number of anilines is 2. The van der Waals surface area contributed by atoms with Gasteiger partial charge in [-0.05, 0) is 92.0 Å². The van der Waals surface area contributed by atoms with Gasteiger partial charge in [0.1, 0.15) is 11.3 Å². The third-order valence-electron chi connectivity index (χ3n) is 6.40. The van der Waals surface area contributed by atoms with Crippen LogP contribution in [-0.2, 0) is 9.59 Å². The van der Waals surface area contributed by atoms with Gasteiger partial charge in [0.05, 0.1) is 12.8 Å². The van der Waals surface area contributed by atoms with E-state index in [4.69, 9.17) is 17.0 Å². The fraction of sp³-hybridized carbons (Fsp3) is 0.320. The van der Waals surface area contributed by atoms with Crippen molar-refractivity contribution in [3.63, 3.8) is 0 Å². The third-order valence-corrected chi connectivity index (χ3v) is 6.69. The van der Waals surface area contributed by atoms with E-state index < -0.39 is 11.8 Å². The highest BCUT2D eigenvalue weighted by molar-refractivity contribution is 7.80. The molecule has 0 saturated carbocycles. The van der Waals surface area contributed by atoms with E-state index in [1.54, 1.807) is 37.5 Å². The van der Waals surface area contributed by atoms with Crippen LogP contribution in [0, 0.1) is 0 Å². The highest BCUT2D eigenvalue weighted by Crippen LogP contribution is 2.42. The lowest BCUT2D eigenvalue weighted by Crippen LogP contribution is -2.54. The van der Waals surface area contributed by atoms with E-state index in [-0.39, 0.29) is 16.2 Å². The van der Waals surface area contributed by atoms with E-state index >= 15 is 0 Å². The molecule has 2 amide bonds. The van der Waals surface area contributed by atoms with Crippen molar-refractivity contribution in [3.8, 4) is 5.75 Å². The number of nitrogens with one attached hydrogen (secondary N) is 1. The van der Waals surface area contributed by atoms with Crippen molar-refractivity contribution in [1.29, 1.82) is 0 Å². The number of methoxy groups -OCH3 is 1. The molecule has 1 fully saturated rings. The van der Waals surface area contributed by atoms with E-state index in [0.717, 1.165) is 12.0 Å². The van der Waals surface area contributed by atoms with E-state index in [2.05, 4.69) is 50.2 Å². The summed E-state index contributed by atoms with van der Waals surface area (Å²) in [6, 6.07) is 13.0. The molecule has 0 radical (unpaired) electrons. The van der Waals surface area contributed by atoms with Crippen molar-refractivity contribution in [2.24, 2.45) is 0 Å². The minimum atomic E-state index is -0.492. The van der Waals surface area contributed by atoms with Crippen LogP contribution in [0.5, 0.6) is 5.75 Å². The van der Waals surface area contributed by atoms with Gasteiger partial charge in [-0.1, -0.05) is 13.0 Å². The summed E-state index contributed by atoms with van der Waals surface area (Å²) in [6.07, 6.45) is 2.66. The van der Waals surface area contributed by atoms with Gasteiger partial charge in [-0.2, -0.15) is 0 Å². The van der Waals surface area contributed by atoms with E-state index in [1.165, 1.54) is 16.2 Å². The number of thiocarbonyl (C=S) groups is 1. The fourth-order valence-corrected chi connectivity index (χ4v) is 4.76. The second-order valence-electron chi connectivity index (χ2n) is 8.95. The summed E-state index contributed by atoms with van der Waals surface area (Å²) in [6.45, 7) is 6.70. The highest BCUT2D eigenvalue weighted by Gasteiger charge is 2.36. The molecule has 1 atom stereocenters. The predicted molar refractivity (Wildman–Crippen MR) is 131 cm³/mol. The molecule has 2 aromatic rings. The van der Waals surface area contributed by atoms with Gasteiger partial charge >= 0.3 is 0 Å². The SMILES string of the molecule is COc1ccc(N2C(=O)/C(=C/c3ccc4c(c3)[C@H](C)CC(C)(C)N4C)C(=O)NC2=S)cc1. The first-order valence-electron chi connectivity index (χ1n) is 10.6. The molecule has 0 aliphatic carbocycles. The van der Waals surface area contributed by atoms with Gasteiger partial charge in [0.15, 0.2) is 5.11 Å². The zero-order valence-electron chi connectivity index (χ0n) is 18.9. The Morgan fingerprint density at radius 3 is 2.50 bits per heavy atom. The topological polar surface area (TPSA) is 61.9 Å². The molecule has 2 aliphatic heterocycles. The molecule has 2 aromatic carbocycles. The average molecular weight is 450 g/mol. The average Bonchev–Trinajstić information content (AvgIpc) is 2.75. The molecule has 6 nitrogen and oxygen atoms in total. The van der Waals surface area contributed by atoms with Crippen molar-refractivity contribution in [2.45, 2.75) is 38.6 Å². The van der Waals surface area contributed by atoms with Crippen LogP contribution in [0.1, 0.15) is 44.2 Å². The zero-order chi connectivity index (χ0) is 23.2. The lowest BCUT2D eigenvalue weighted by molar-refractivity contribution is -0.122. The number of carbonyl (C=O) groups excluding carboxylic acids is 2. The van der Waals surface area contributed by atoms with Crippen LogP contribution in [-0.4, -0.2) is 36.6 Å². The highest BCUT2D eigenvalue weighted by atomic mass is 32.1. The summed E-state index contributed by atoms with van der Waals surface area (Å²) in [5.41, 5.74) is 3.88. The molecule has 32 heavy (non-hydrogen) atoms. The lowest BCUT2D eigenvalue weighted by atomic mass is 9.80. The summed E-state index contributed by atoms with van der Waals surface area (Å²) in [5, 5.41) is 2.70. The first-order valence-corrected chi connectivity index (χ1v) is 11.0. The summed E-state index contributed by atoms with van der Waals surface area (Å²) in [4.78, 5) is 29.5. The van der Waals surface area contributed by atoms with Crippen LogP contribution in [0.2, 0.25) is 0 Å². The minimum absolute atomic E-state index is 0.0477. The molecule has 166 valence electrons. The van der Waals surface area contributed by atoms with Crippen molar-refractivity contribution >= 4 is 46.6 Å². The van der Waals surface area contributed by atoms with Gasteiger partial charge in [0.25, 0.3) is 11.8 Å². The van der Waals surface area contributed by atoms with Crippen molar-refractivity contribution in [1.82, 2.24) is 5.32 Å². The van der Waals surface area contributed by atoms with Gasteiger partial charge in [-0.25, -0.2) is 0 Å². The smallest absolute Gasteiger partial charge is 0.270 e. The lowest BCUT2D eigenvalue weighted by Gasteiger charge is -2.45. The quantitative estimate of drug-likeness (QED) is 0.431. The van der Waals surface area contributed by atoms with Crippen LogP contribution < -0.4 is 19.9 Å². The molecule has 2 heterocycles. The summed E-state index contributed by atoms with van der Waals surface area (Å²) < 4.78 is 5.18. The van der Waals surface area contributed by atoms with Gasteiger partial charge in [0, 0.05) is 18.3 Å². The Labute approximate surface area is 193 Å². The molecule has 0 bridgehead atoms. The summed E-state index contributed by atoms with van der Waals surface area (Å²) >= 11 is 5.28. The number of nitrogens with zero attached hydrogens (tertiary/aromatic N) is 2. The number of hydrogen-bond acceptors (Lipinski definition) is 5. The Kier molecular flexibility index (Phi) is 5.54. The van der Waals surface area contributed by atoms with Crippen LogP contribution in [0.3, 0.4) is 0 Å². The Balaban J connectivity index is 1.70. The van der Waals surface area contributed by atoms with Gasteiger partial charge < -0.3 is 9.64 Å². The molecule has 1 saturated heterocycles. The third kappa shape index (κ3) is 3.77. The molecule has 4 rings (SSSR count). The van der Waals surface area contributed by atoms with Crippen molar-refractivity contribution in [3.05, 3.63) is 59.2 Å². The van der Waals surface area contributed by atoms with E-state index in [1.807, 2.05) is 6.07 Å². The van der Waals surface area contributed by atoms with E-state index in [9.17, 15) is 9.59 Å². The summed E-state index contributed by atoms with van der Waals surface area (Å²) in [7, 11) is 3.68. The maximum Gasteiger partial charge on any atom is 0.270 e. The standard InChI is InChI=1S/C25H27N3O3S/c1-15-14-25(2,3)27(4)21-11-6-16(12-19(15)21)13-20-22(29)26-24(32)28(23(20)30)17-7-9-18(31-5)10-8-17/h6-13,15H,14H2,1-5H3,(H,26,29,32)/b20-13+/t15-/m1/s1. The Morgan fingerprint density at radius 1 is 1.16 bits per heavy atom. The van der Waals surface area contributed by atoms with Crippen LogP contribution in [0.4, 0.5) is 11.4 Å². The number of carbonyl (C=O) groups is 2. The second kappa shape index (κ2) is 8.06. The largest absolute Gasteiger partial charge is 0.497 e. The number of amides is 2.